The summed E-state index contributed by atoms with van der Waals surface area (Å²) in [6, 6.07) is 0. The van der Waals surface area contributed by atoms with Gasteiger partial charge in [-0.05, 0) is 45.4 Å². The smallest absolute Gasteiger partial charge is 0.223 e. The van der Waals surface area contributed by atoms with Gasteiger partial charge in [-0.3, -0.25) is 4.79 Å². The van der Waals surface area contributed by atoms with Crippen molar-refractivity contribution in [3.8, 4) is 0 Å². The largest absolute Gasteiger partial charge is 0.350 e. The Labute approximate surface area is 92.8 Å². The Balaban J connectivity index is 2.41. The van der Waals surface area contributed by atoms with E-state index in [-0.39, 0.29) is 17.4 Å². The van der Waals surface area contributed by atoms with Crippen LogP contribution in [-0.2, 0) is 4.79 Å². The highest BCUT2D eigenvalue weighted by atomic mass is 16.2. The molecule has 0 heterocycles. The molecule has 3 N–H and O–H groups in total. The molecule has 0 spiro atoms. The third-order valence-electron chi connectivity index (χ3n) is 3.36. The molecule has 88 valence electrons. The first-order valence-electron chi connectivity index (χ1n) is 5.96. The van der Waals surface area contributed by atoms with E-state index < -0.39 is 0 Å². The molecule has 0 aromatic carbocycles. The molecule has 1 saturated carbocycles. The van der Waals surface area contributed by atoms with Crippen molar-refractivity contribution in [2.75, 3.05) is 6.54 Å². The predicted molar refractivity (Wildman–Crippen MR) is 62.4 cm³/mol. The molecular weight excluding hydrogens is 188 g/mol. The fourth-order valence-electron chi connectivity index (χ4n) is 2.01. The van der Waals surface area contributed by atoms with Crippen LogP contribution in [0.3, 0.4) is 0 Å². The normalized spacial score (nSPS) is 27.5. The van der Waals surface area contributed by atoms with Crippen LogP contribution in [-0.4, -0.2) is 18.0 Å². The third kappa shape index (κ3) is 3.82. The number of nitrogens with one attached hydrogen (secondary N) is 1. The molecule has 0 aromatic rings. The zero-order valence-corrected chi connectivity index (χ0v) is 10.2. The van der Waals surface area contributed by atoms with Gasteiger partial charge >= 0.3 is 0 Å². The molecule has 0 aromatic heterocycles. The van der Waals surface area contributed by atoms with E-state index in [2.05, 4.69) is 12.2 Å². The summed E-state index contributed by atoms with van der Waals surface area (Å²) < 4.78 is 0. The fourth-order valence-corrected chi connectivity index (χ4v) is 2.01. The standard InChI is InChI=1S/C12H24N2O/c1-9-4-6-10(7-5-9)11(15)14-12(2,3)8-13/h9-10H,4-8,13H2,1-3H3,(H,14,15). The maximum Gasteiger partial charge on any atom is 0.223 e. The second kappa shape index (κ2) is 4.97. The molecule has 0 unspecified atom stereocenters. The Morgan fingerprint density at radius 3 is 2.33 bits per heavy atom. The molecule has 0 saturated heterocycles. The number of nitrogens with two attached hydrogens (primary N) is 1. The molecule has 0 atom stereocenters. The first kappa shape index (κ1) is 12.5. The lowest BCUT2D eigenvalue weighted by atomic mass is 9.82. The van der Waals surface area contributed by atoms with E-state index in [4.69, 9.17) is 5.73 Å². The van der Waals surface area contributed by atoms with Gasteiger partial charge in [-0.2, -0.15) is 0 Å². The number of hydrogen-bond donors (Lipinski definition) is 2. The van der Waals surface area contributed by atoms with Crippen molar-refractivity contribution >= 4 is 5.91 Å². The molecule has 0 aliphatic heterocycles. The van der Waals surface area contributed by atoms with Crippen LogP contribution >= 0.6 is 0 Å². The SMILES string of the molecule is CC1CCC(C(=O)NC(C)(C)CN)CC1. The highest BCUT2D eigenvalue weighted by Gasteiger charge is 2.27. The van der Waals surface area contributed by atoms with Crippen LogP contribution in [0, 0.1) is 11.8 Å². The minimum atomic E-state index is -0.264. The summed E-state index contributed by atoms with van der Waals surface area (Å²) in [7, 11) is 0. The molecule has 1 aliphatic rings. The zero-order valence-electron chi connectivity index (χ0n) is 10.2. The number of amides is 1. The Bertz CT molecular complexity index is 218. The number of rotatable bonds is 3. The van der Waals surface area contributed by atoms with Crippen molar-refractivity contribution in [3.63, 3.8) is 0 Å². The van der Waals surface area contributed by atoms with Crippen molar-refractivity contribution in [2.24, 2.45) is 17.6 Å². The Kier molecular flexibility index (Phi) is 4.14. The summed E-state index contributed by atoms with van der Waals surface area (Å²) in [5, 5.41) is 3.03. The van der Waals surface area contributed by atoms with E-state index in [1.807, 2.05) is 13.8 Å². The minimum absolute atomic E-state index is 0.192. The molecule has 3 nitrogen and oxygen atoms in total. The summed E-state index contributed by atoms with van der Waals surface area (Å²) in [6.45, 7) is 6.69. The predicted octanol–water partition coefficient (Wildman–Crippen LogP) is 1.67. The summed E-state index contributed by atoms with van der Waals surface area (Å²) in [4.78, 5) is 11.9. The van der Waals surface area contributed by atoms with Gasteiger partial charge in [0.1, 0.15) is 0 Å². The van der Waals surface area contributed by atoms with Gasteiger partial charge < -0.3 is 11.1 Å². The van der Waals surface area contributed by atoms with Gasteiger partial charge in [-0.1, -0.05) is 6.92 Å². The lowest BCUT2D eigenvalue weighted by molar-refractivity contribution is -0.127. The van der Waals surface area contributed by atoms with Gasteiger partial charge in [-0.25, -0.2) is 0 Å². The molecule has 1 fully saturated rings. The molecule has 1 aliphatic carbocycles. The lowest BCUT2D eigenvalue weighted by Crippen LogP contribution is -2.51. The van der Waals surface area contributed by atoms with E-state index in [9.17, 15) is 4.79 Å². The van der Waals surface area contributed by atoms with Gasteiger partial charge in [0.15, 0.2) is 0 Å². The topological polar surface area (TPSA) is 55.1 Å². The number of hydrogen-bond acceptors (Lipinski definition) is 2. The van der Waals surface area contributed by atoms with Crippen LogP contribution in [0.15, 0.2) is 0 Å². The summed E-state index contributed by atoms with van der Waals surface area (Å²) >= 11 is 0. The zero-order chi connectivity index (χ0) is 11.5. The maximum atomic E-state index is 11.9. The van der Waals surface area contributed by atoms with Crippen LogP contribution in [0.2, 0.25) is 0 Å². The molecule has 0 bridgehead atoms. The van der Waals surface area contributed by atoms with E-state index >= 15 is 0 Å². The van der Waals surface area contributed by atoms with Gasteiger partial charge in [0.05, 0.1) is 0 Å². The van der Waals surface area contributed by atoms with Gasteiger partial charge in [0.25, 0.3) is 0 Å². The van der Waals surface area contributed by atoms with E-state index in [1.165, 1.54) is 12.8 Å². The first-order chi connectivity index (χ1) is 6.94. The van der Waals surface area contributed by atoms with Gasteiger partial charge in [0, 0.05) is 18.0 Å². The highest BCUT2D eigenvalue weighted by Crippen LogP contribution is 2.28. The number of carbonyl (C=O) groups excluding carboxylic acids is 1. The van der Waals surface area contributed by atoms with E-state index in [1.54, 1.807) is 0 Å². The Morgan fingerprint density at radius 1 is 1.33 bits per heavy atom. The van der Waals surface area contributed by atoms with Crippen molar-refractivity contribution in [2.45, 2.75) is 52.0 Å². The first-order valence-corrected chi connectivity index (χ1v) is 5.96. The van der Waals surface area contributed by atoms with E-state index in [0.717, 1.165) is 18.8 Å². The highest BCUT2D eigenvalue weighted by molar-refractivity contribution is 5.79. The van der Waals surface area contributed by atoms with Crippen LogP contribution in [0.1, 0.15) is 46.5 Å². The molecular formula is C12H24N2O. The third-order valence-corrected chi connectivity index (χ3v) is 3.36. The average molecular weight is 212 g/mol. The molecule has 3 heteroatoms. The summed E-state index contributed by atoms with van der Waals surface area (Å²) in [6.07, 6.45) is 4.43. The van der Waals surface area contributed by atoms with Crippen LogP contribution in [0.5, 0.6) is 0 Å². The maximum absolute atomic E-state index is 11.9. The molecule has 1 amide bonds. The Hall–Kier alpha value is -0.570. The van der Waals surface area contributed by atoms with Crippen molar-refractivity contribution in [1.29, 1.82) is 0 Å². The van der Waals surface area contributed by atoms with Gasteiger partial charge in [-0.15, -0.1) is 0 Å². The minimum Gasteiger partial charge on any atom is -0.350 e. The fraction of sp³-hybridized carbons (Fsp3) is 0.917. The Morgan fingerprint density at radius 2 is 1.87 bits per heavy atom. The van der Waals surface area contributed by atoms with Crippen molar-refractivity contribution in [3.05, 3.63) is 0 Å². The van der Waals surface area contributed by atoms with Crippen molar-refractivity contribution < 1.29 is 4.79 Å². The molecule has 15 heavy (non-hydrogen) atoms. The average Bonchev–Trinajstić information content (AvgIpc) is 2.18. The second-order valence-electron chi connectivity index (χ2n) is 5.53. The monoisotopic (exact) mass is 212 g/mol. The summed E-state index contributed by atoms with van der Waals surface area (Å²) in [5.74, 6) is 1.20. The quantitative estimate of drug-likeness (QED) is 0.747. The van der Waals surface area contributed by atoms with Crippen molar-refractivity contribution in [1.82, 2.24) is 5.32 Å². The second-order valence-corrected chi connectivity index (χ2v) is 5.53. The van der Waals surface area contributed by atoms with Crippen LogP contribution in [0.4, 0.5) is 0 Å². The summed E-state index contributed by atoms with van der Waals surface area (Å²) in [5.41, 5.74) is 5.33. The van der Waals surface area contributed by atoms with Gasteiger partial charge in [0.2, 0.25) is 5.91 Å². The van der Waals surface area contributed by atoms with Crippen LogP contribution in [0.25, 0.3) is 0 Å². The molecule has 1 rings (SSSR count). The van der Waals surface area contributed by atoms with Crippen LogP contribution < -0.4 is 11.1 Å². The molecule has 0 radical (unpaired) electrons. The van der Waals surface area contributed by atoms with E-state index in [0.29, 0.717) is 6.54 Å². The number of carbonyl (C=O) groups is 1. The lowest BCUT2D eigenvalue weighted by Gasteiger charge is -2.30.